The zero-order valence-electron chi connectivity index (χ0n) is 11.7. The quantitative estimate of drug-likeness (QED) is 0.734. The minimum absolute atomic E-state index is 0.00969. The van der Waals surface area contributed by atoms with Crippen molar-refractivity contribution in [2.24, 2.45) is 5.73 Å². The van der Waals surface area contributed by atoms with Crippen molar-refractivity contribution in [2.75, 3.05) is 11.9 Å². The number of fused-ring (bicyclic) bond motifs is 1. The Hall–Kier alpha value is -1.88. The average Bonchev–Trinajstić information content (AvgIpc) is 2.82. The summed E-state index contributed by atoms with van der Waals surface area (Å²) >= 11 is 0. The van der Waals surface area contributed by atoms with E-state index >= 15 is 0 Å². The number of carbonyl (C=O) groups excluding carboxylic acids is 2. The molecule has 0 saturated carbocycles. The first kappa shape index (κ1) is 14.5. The molecule has 1 heterocycles. The second-order valence-corrected chi connectivity index (χ2v) is 5.15. The zero-order valence-corrected chi connectivity index (χ0v) is 11.7. The van der Waals surface area contributed by atoms with Crippen molar-refractivity contribution in [1.82, 2.24) is 5.32 Å². The minimum Gasteiger partial charge on any atom is -0.348 e. The number of hydrogen-bond acceptors (Lipinski definition) is 3. The first-order valence-electron chi connectivity index (χ1n) is 7.07. The summed E-state index contributed by atoms with van der Waals surface area (Å²) in [5, 5.41) is 5.70. The van der Waals surface area contributed by atoms with Crippen LogP contribution < -0.4 is 16.4 Å². The molecule has 1 aliphatic heterocycles. The molecular formula is C15H21N3O2. The summed E-state index contributed by atoms with van der Waals surface area (Å²) in [5.74, 6) is -0.154. The molecular weight excluding hydrogens is 254 g/mol. The van der Waals surface area contributed by atoms with E-state index in [9.17, 15) is 9.59 Å². The maximum atomic E-state index is 12.2. The molecule has 0 aromatic heterocycles. The molecule has 0 aliphatic carbocycles. The third-order valence-electron chi connectivity index (χ3n) is 3.52. The number of nitrogens with one attached hydrogen (secondary N) is 2. The summed E-state index contributed by atoms with van der Waals surface area (Å²) in [6.07, 6.45) is 3.36. The second kappa shape index (κ2) is 6.52. The highest BCUT2D eigenvalue weighted by molar-refractivity contribution is 6.01. The van der Waals surface area contributed by atoms with Gasteiger partial charge >= 0.3 is 0 Å². The SMILES string of the molecule is CCCCC(CN)NC(=O)c1ccc2c(c1)CC(=O)N2. The first-order chi connectivity index (χ1) is 9.63. The van der Waals surface area contributed by atoms with Crippen molar-refractivity contribution >= 4 is 17.5 Å². The molecule has 5 heteroatoms. The Morgan fingerprint density at radius 1 is 1.50 bits per heavy atom. The molecule has 0 radical (unpaired) electrons. The Bertz CT molecular complexity index is 514. The van der Waals surface area contributed by atoms with Gasteiger partial charge in [-0.1, -0.05) is 19.8 Å². The van der Waals surface area contributed by atoms with Crippen molar-refractivity contribution < 1.29 is 9.59 Å². The Kier molecular flexibility index (Phi) is 4.74. The highest BCUT2D eigenvalue weighted by atomic mass is 16.2. The van der Waals surface area contributed by atoms with Gasteiger partial charge in [0.25, 0.3) is 5.91 Å². The van der Waals surface area contributed by atoms with Crippen molar-refractivity contribution in [1.29, 1.82) is 0 Å². The third-order valence-corrected chi connectivity index (χ3v) is 3.52. The van der Waals surface area contributed by atoms with Crippen molar-refractivity contribution in [2.45, 2.75) is 38.6 Å². The van der Waals surface area contributed by atoms with Gasteiger partial charge in [0.15, 0.2) is 0 Å². The lowest BCUT2D eigenvalue weighted by Crippen LogP contribution is -2.40. The van der Waals surface area contributed by atoms with Gasteiger partial charge in [-0.3, -0.25) is 9.59 Å². The van der Waals surface area contributed by atoms with E-state index in [0.29, 0.717) is 18.5 Å². The highest BCUT2D eigenvalue weighted by Crippen LogP contribution is 2.23. The van der Waals surface area contributed by atoms with Gasteiger partial charge in [-0.2, -0.15) is 0 Å². The Morgan fingerprint density at radius 2 is 2.30 bits per heavy atom. The molecule has 20 heavy (non-hydrogen) atoms. The Balaban J connectivity index is 2.02. The van der Waals surface area contributed by atoms with Crippen molar-refractivity contribution in [3.05, 3.63) is 29.3 Å². The van der Waals surface area contributed by atoms with Crippen LogP contribution >= 0.6 is 0 Å². The van der Waals surface area contributed by atoms with Gasteiger partial charge in [0, 0.05) is 23.8 Å². The molecule has 1 atom stereocenters. The van der Waals surface area contributed by atoms with Gasteiger partial charge in [-0.05, 0) is 30.2 Å². The van der Waals surface area contributed by atoms with Gasteiger partial charge < -0.3 is 16.4 Å². The minimum atomic E-state index is -0.126. The predicted octanol–water partition coefficient (Wildman–Crippen LogP) is 1.43. The van der Waals surface area contributed by atoms with Crippen LogP contribution in [-0.2, 0) is 11.2 Å². The average molecular weight is 275 g/mol. The number of carbonyl (C=O) groups is 2. The first-order valence-corrected chi connectivity index (χ1v) is 7.07. The van der Waals surface area contributed by atoms with E-state index in [4.69, 9.17) is 5.73 Å². The number of unbranched alkanes of at least 4 members (excludes halogenated alkanes) is 1. The van der Waals surface area contributed by atoms with Crippen molar-refractivity contribution in [3.63, 3.8) is 0 Å². The molecule has 5 nitrogen and oxygen atoms in total. The van der Waals surface area contributed by atoms with Crippen LogP contribution in [0.4, 0.5) is 5.69 Å². The molecule has 1 aliphatic rings. The summed E-state index contributed by atoms with van der Waals surface area (Å²) in [4.78, 5) is 23.5. The van der Waals surface area contributed by atoms with Crippen LogP contribution in [0.2, 0.25) is 0 Å². The molecule has 1 aromatic carbocycles. The van der Waals surface area contributed by atoms with Crippen LogP contribution in [0.3, 0.4) is 0 Å². The van der Waals surface area contributed by atoms with Crippen molar-refractivity contribution in [3.8, 4) is 0 Å². The number of amides is 2. The number of anilines is 1. The topological polar surface area (TPSA) is 84.2 Å². The summed E-state index contributed by atoms with van der Waals surface area (Å²) in [6, 6.07) is 5.29. The van der Waals surface area contributed by atoms with Crippen LogP contribution in [0.25, 0.3) is 0 Å². The molecule has 1 unspecified atom stereocenters. The molecule has 0 saturated heterocycles. The fraction of sp³-hybridized carbons (Fsp3) is 0.467. The van der Waals surface area contributed by atoms with Gasteiger partial charge in [-0.25, -0.2) is 0 Å². The van der Waals surface area contributed by atoms with E-state index in [0.717, 1.165) is 30.5 Å². The zero-order chi connectivity index (χ0) is 14.5. The van der Waals surface area contributed by atoms with Crippen LogP contribution in [0.15, 0.2) is 18.2 Å². The number of rotatable bonds is 6. The number of hydrogen-bond donors (Lipinski definition) is 3. The maximum absolute atomic E-state index is 12.2. The van der Waals surface area contributed by atoms with Gasteiger partial charge in [-0.15, -0.1) is 0 Å². The molecule has 0 fully saturated rings. The van der Waals surface area contributed by atoms with Crippen LogP contribution in [-0.4, -0.2) is 24.4 Å². The molecule has 2 rings (SSSR count). The van der Waals surface area contributed by atoms with E-state index in [1.807, 2.05) is 0 Å². The fourth-order valence-electron chi connectivity index (χ4n) is 2.34. The standard InChI is InChI=1S/C15H21N3O2/c1-2-3-4-12(9-16)17-15(20)10-5-6-13-11(7-10)8-14(19)18-13/h5-7,12H,2-4,8-9,16H2,1H3,(H,17,20)(H,18,19). The second-order valence-electron chi connectivity index (χ2n) is 5.15. The predicted molar refractivity (Wildman–Crippen MR) is 78.6 cm³/mol. The van der Waals surface area contributed by atoms with E-state index in [-0.39, 0.29) is 17.9 Å². The smallest absolute Gasteiger partial charge is 0.251 e. The van der Waals surface area contributed by atoms with E-state index in [1.54, 1.807) is 18.2 Å². The lowest BCUT2D eigenvalue weighted by atomic mass is 10.1. The lowest BCUT2D eigenvalue weighted by Gasteiger charge is -2.16. The molecule has 0 bridgehead atoms. The third kappa shape index (κ3) is 3.36. The summed E-state index contributed by atoms with van der Waals surface area (Å²) in [5.41, 5.74) is 7.93. The number of nitrogens with two attached hydrogens (primary N) is 1. The normalized spacial score (nSPS) is 14.6. The van der Waals surface area contributed by atoms with Crippen LogP contribution in [0.5, 0.6) is 0 Å². The molecule has 1 aromatic rings. The monoisotopic (exact) mass is 275 g/mol. The highest BCUT2D eigenvalue weighted by Gasteiger charge is 2.19. The Morgan fingerprint density at radius 3 is 3.00 bits per heavy atom. The lowest BCUT2D eigenvalue weighted by molar-refractivity contribution is -0.115. The van der Waals surface area contributed by atoms with Crippen LogP contribution in [0, 0.1) is 0 Å². The molecule has 4 N–H and O–H groups in total. The Labute approximate surface area is 118 Å². The van der Waals surface area contributed by atoms with Gasteiger partial charge in [0.05, 0.1) is 6.42 Å². The molecule has 2 amide bonds. The van der Waals surface area contributed by atoms with E-state index in [1.165, 1.54) is 0 Å². The summed E-state index contributed by atoms with van der Waals surface area (Å²) in [7, 11) is 0. The van der Waals surface area contributed by atoms with Crippen LogP contribution in [0.1, 0.15) is 42.1 Å². The van der Waals surface area contributed by atoms with Gasteiger partial charge in [0.1, 0.15) is 0 Å². The summed E-state index contributed by atoms with van der Waals surface area (Å²) in [6.45, 7) is 2.55. The maximum Gasteiger partial charge on any atom is 0.251 e. The van der Waals surface area contributed by atoms with E-state index < -0.39 is 0 Å². The summed E-state index contributed by atoms with van der Waals surface area (Å²) < 4.78 is 0. The molecule has 108 valence electrons. The van der Waals surface area contributed by atoms with E-state index in [2.05, 4.69) is 17.6 Å². The van der Waals surface area contributed by atoms with Gasteiger partial charge in [0.2, 0.25) is 5.91 Å². The number of benzene rings is 1. The largest absolute Gasteiger partial charge is 0.348 e. The molecule has 0 spiro atoms. The fourth-order valence-corrected chi connectivity index (χ4v) is 2.34.